The summed E-state index contributed by atoms with van der Waals surface area (Å²) in [5.74, 6) is 1.000. The minimum Gasteiger partial charge on any atom is -0.306 e. The van der Waals surface area contributed by atoms with E-state index in [1.807, 2.05) is 6.26 Å². The summed E-state index contributed by atoms with van der Waals surface area (Å²) in [6, 6.07) is 4.99. The maximum absolute atomic E-state index is 12.7. The number of alkyl halides is 3. The van der Waals surface area contributed by atoms with Crippen molar-refractivity contribution in [3.8, 4) is 0 Å². The lowest BCUT2D eigenvalue weighted by atomic mass is 9.75. The molecule has 0 atom stereocenters. The lowest BCUT2D eigenvalue weighted by Crippen LogP contribution is -2.48. The Morgan fingerprint density at radius 1 is 1.19 bits per heavy atom. The zero-order valence-electron chi connectivity index (χ0n) is 14.5. The molecule has 3 rings (SSSR count). The fourth-order valence-electron chi connectivity index (χ4n) is 3.53. The van der Waals surface area contributed by atoms with Gasteiger partial charge < -0.3 is 4.90 Å². The molecule has 1 aliphatic carbocycles. The number of aliphatic imine (C=N–C) groups is 1. The zero-order chi connectivity index (χ0) is 18.8. The van der Waals surface area contributed by atoms with Crippen molar-refractivity contribution in [3.05, 3.63) is 29.8 Å². The van der Waals surface area contributed by atoms with Crippen molar-refractivity contribution in [3.63, 3.8) is 0 Å². The second-order valence-electron chi connectivity index (χ2n) is 6.84. The molecule has 8 heteroatoms. The molecule has 1 aliphatic heterocycles. The van der Waals surface area contributed by atoms with Crippen molar-refractivity contribution in [2.24, 2.45) is 10.4 Å². The van der Waals surface area contributed by atoms with Gasteiger partial charge in [-0.15, -0.1) is 0 Å². The predicted molar refractivity (Wildman–Crippen MR) is 109 cm³/mol. The summed E-state index contributed by atoms with van der Waals surface area (Å²) in [4.78, 5) is 6.69. The highest BCUT2D eigenvalue weighted by molar-refractivity contribution is 8.23. The van der Waals surface area contributed by atoms with Crippen molar-refractivity contribution in [1.29, 1.82) is 0 Å². The number of hydrogen-bond donors (Lipinski definition) is 0. The van der Waals surface area contributed by atoms with E-state index in [9.17, 15) is 13.2 Å². The van der Waals surface area contributed by atoms with Crippen LogP contribution in [0.3, 0.4) is 0 Å². The minimum absolute atomic E-state index is 0.280. The molecule has 0 unspecified atom stereocenters. The largest absolute Gasteiger partial charge is 0.416 e. The number of nitrogens with zero attached hydrogens (tertiary/aromatic N) is 2. The molecule has 0 amide bonds. The van der Waals surface area contributed by atoms with Crippen LogP contribution in [0.5, 0.6) is 0 Å². The second kappa shape index (κ2) is 8.10. The summed E-state index contributed by atoms with van der Waals surface area (Å²) >= 11 is 8.73. The highest BCUT2D eigenvalue weighted by Crippen LogP contribution is 2.44. The van der Waals surface area contributed by atoms with Crippen LogP contribution < -0.4 is 0 Å². The van der Waals surface area contributed by atoms with Crippen LogP contribution in [0.2, 0.25) is 0 Å². The maximum atomic E-state index is 12.7. The number of halogens is 3. The van der Waals surface area contributed by atoms with Crippen LogP contribution >= 0.6 is 35.7 Å². The molecule has 2 aliphatic rings. The average molecular weight is 419 g/mol. The third kappa shape index (κ3) is 4.57. The van der Waals surface area contributed by atoms with Crippen molar-refractivity contribution in [1.82, 2.24) is 4.90 Å². The van der Waals surface area contributed by atoms with Gasteiger partial charge in [0.1, 0.15) is 4.32 Å². The molecular formula is C18H21F3N2S3. The van der Waals surface area contributed by atoms with Crippen LogP contribution in [0.4, 0.5) is 18.9 Å². The van der Waals surface area contributed by atoms with E-state index < -0.39 is 11.7 Å². The average Bonchev–Trinajstić information content (AvgIpc) is 2.63. The summed E-state index contributed by atoms with van der Waals surface area (Å²) in [6.45, 7) is 0.860. The van der Waals surface area contributed by atoms with Gasteiger partial charge in [0, 0.05) is 12.3 Å². The van der Waals surface area contributed by atoms with Crippen LogP contribution in [0, 0.1) is 5.41 Å². The molecular weight excluding hydrogens is 397 g/mol. The quantitative estimate of drug-likeness (QED) is 0.494. The van der Waals surface area contributed by atoms with E-state index in [-0.39, 0.29) is 5.41 Å². The van der Waals surface area contributed by atoms with Crippen molar-refractivity contribution >= 4 is 50.9 Å². The van der Waals surface area contributed by atoms with Gasteiger partial charge in [-0.05, 0) is 48.8 Å². The van der Waals surface area contributed by atoms with E-state index in [1.165, 1.54) is 56.0 Å². The summed E-state index contributed by atoms with van der Waals surface area (Å²) < 4.78 is 38.9. The van der Waals surface area contributed by atoms with Crippen LogP contribution in [0.25, 0.3) is 0 Å². The molecule has 0 N–H and O–H groups in total. The van der Waals surface area contributed by atoms with E-state index in [1.54, 1.807) is 11.8 Å². The van der Waals surface area contributed by atoms with Crippen LogP contribution in [-0.4, -0.2) is 32.9 Å². The first-order valence-electron chi connectivity index (χ1n) is 8.57. The number of rotatable bonds is 1. The molecule has 2 nitrogen and oxygen atoms in total. The SMILES string of the molecule is CSC(=S)N1CC2(CCCCC2)CSC1=Nc1ccc(C(F)(F)F)cc1. The summed E-state index contributed by atoms with van der Waals surface area (Å²) in [6.07, 6.45) is 3.85. The molecule has 142 valence electrons. The molecule has 1 aromatic carbocycles. The Labute approximate surface area is 166 Å². The summed E-state index contributed by atoms with van der Waals surface area (Å²) in [5.41, 5.74) is 0.145. The summed E-state index contributed by atoms with van der Waals surface area (Å²) in [7, 11) is 0. The van der Waals surface area contributed by atoms with E-state index in [0.717, 1.165) is 33.9 Å². The normalized spacial score (nSPS) is 22.0. The first-order valence-corrected chi connectivity index (χ1v) is 11.2. The molecule has 26 heavy (non-hydrogen) atoms. The molecule has 1 heterocycles. The van der Waals surface area contributed by atoms with Gasteiger partial charge in [0.2, 0.25) is 0 Å². The fourth-order valence-corrected chi connectivity index (χ4v) is 5.46. The number of benzene rings is 1. The van der Waals surface area contributed by atoms with Crippen LogP contribution in [0.1, 0.15) is 37.7 Å². The van der Waals surface area contributed by atoms with Gasteiger partial charge in [-0.25, -0.2) is 4.99 Å². The van der Waals surface area contributed by atoms with E-state index >= 15 is 0 Å². The van der Waals surface area contributed by atoms with E-state index in [2.05, 4.69) is 9.89 Å². The highest BCUT2D eigenvalue weighted by atomic mass is 32.2. The Hall–Kier alpha value is -0.730. The van der Waals surface area contributed by atoms with Crippen LogP contribution in [0.15, 0.2) is 29.3 Å². The first-order chi connectivity index (χ1) is 12.3. The van der Waals surface area contributed by atoms with Crippen molar-refractivity contribution in [2.75, 3.05) is 18.6 Å². The van der Waals surface area contributed by atoms with Gasteiger partial charge >= 0.3 is 6.18 Å². The second-order valence-corrected chi connectivity index (χ2v) is 9.23. The van der Waals surface area contributed by atoms with Gasteiger partial charge in [0.05, 0.1) is 11.3 Å². The van der Waals surface area contributed by atoms with Gasteiger partial charge in [-0.3, -0.25) is 0 Å². The Morgan fingerprint density at radius 3 is 2.42 bits per heavy atom. The minimum atomic E-state index is -4.33. The van der Waals surface area contributed by atoms with Gasteiger partial charge in [0.15, 0.2) is 5.17 Å². The fraction of sp³-hybridized carbons (Fsp3) is 0.556. The van der Waals surface area contributed by atoms with Crippen molar-refractivity contribution < 1.29 is 13.2 Å². The lowest BCUT2D eigenvalue weighted by Gasteiger charge is -2.45. The molecule has 0 radical (unpaired) electrons. The van der Waals surface area contributed by atoms with Gasteiger partial charge in [0.25, 0.3) is 0 Å². The standard InChI is InChI=1S/C18H21F3N2S3/c1-25-16(24)23-11-17(9-3-2-4-10-17)12-26-15(23)22-14-7-5-13(6-8-14)18(19,20)21/h5-8H,2-4,9-12H2,1H3. The Balaban J connectivity index is 1.83. The molecule has 1 saturated carbocycles. The van der Waals surface area contributed by atoms with Gasteiger partial charge in [-0.2, -0.15) is 13.2 Å². The Morgan fingerprint density at radius 2 is 1.85 bits per heavy atom. The predicted octanol–water partition coefficient (Wildman–Crippen LogP) is 6.34. The monoisotopic (exact) mass is 418 g/mol. The number of thiocarbonyl (C=S) groups is 1. The molecule has 2 fully saturated rings. The maximum Gasteiger partial charge on any atom is 0.416 e. The number of hydrogen-bond acceptors (Lipinski definition) is 4. The molecule has 0 aromatic heterocycles. The molecule has 1 saturated heterocycles. The Bertz CT molecular complexity index is 680. The van der Waals surface area contributed by atoms with Crippen LogP contribution in [-0.2, 0) is 6.18 Å². The first kappa shape index (κ1) is 20.0. The lowest BCUT2D eigenvalue weighted by molar-refractivity contribution is -0.137. The zero-order valence-corrected chi connectivity index (χ0v) is 17.0. The topological polar surface area (TPSA) is 15.6 Å². The number of amidine groups is 1. The third-order valence-corrected chi connectivity index (χ3v) is 7.58. The van der Waals surface area contributed by atoms with E-state index in [4.69, 9.17) is 12.2 Å². The Kier molecular flexibility index (Phi) is 6.24. The summed E-state index contributed by atoms with van der Waals surface area (Å²) in [5, 5.41) is 0.792. The highest BCUT2D eigenvalue weighted by Gasteiger charge is 2.40. The smallest absolute Gasteiger partial charge is 0.306 e. The molecule has 0 bridgehead atoms. The third-order valence-electron chi connectivity index (χ3n) is 4.96. The number of thioether (sulfide) groups is 2. The molecule has 1 aromatic rings. The van der Waals surface area contributed by atoms with Gasteiger partial charge in [-0.1, -0.05) is 55.0 Å². The molecule has 1 spiro atoms. The van der Waals surface area contributed by atoms with E-state index in [0.29, 0.717) is 5.69 Å². The van der Waals surface area contributed by atoms with Crippen molar-refractivity contribution in [2.45, 2.75) is 38.3 Å².